The van der Waals surface area contributed by atoms with Crippen LogP contribution in [0.25, 0.3) is 0 Å². The van der Waals surface area contributed by atoms with Crippen molar-refractivity contribution in [3.63, 3.8) is 0 Å². The minimum Gasteiger partial charge on any atom is -0.462 e. The number of unbranched alkanes of at least 4 members (excludes halogenated alkanes) is 35. The maximum Gasteiger partial charge on any atom is 0.306 e. The zero-order chi connectivity index (χ0) is 43.1. The van der Waals surface area contributed by atoms with E-state index in [1.165, 1.54) is 193 Å². The van der Waals surface area contributed by atoms with Gasteiger partial charge in [0.15, 0.2) is 6.10 Å². The molecule has 1 atom stereocenters. The number of hydrogen-bond donors (Lipinski definition) is 0. The van der Waals surface area contributed by atoms with Crippen LogP contribution in [-0.4, -0.2) is 37.2 Å². The van der Waals surface area contributed by atoms with Crippen LogP contribution in [0, 0.1) is 5.92 Å². The van der Waals surface area contributed by atoms with Crippen LogP contribution < -0.4 is 0 Å². The molecular weight excluding hydrogens is 733 g/mol. The van der Waals surface area contributed by atoms with Gasteiger partial charge in [-0.15, -0.1) is 0 Å². The van der Waals surface area contributed by atoms with Gasteiger partial charge in [-0.2, -0.15) is 0 Å². The number of rotatable bonds is 48. The first kappa shape index (κ1) is 57.4. The Morgan fingerprint density at radius 2 is 0.559 bits per heavy atom. The SMILES string of the molecule is CCCCCCCCCCCCCCCCCCC(=O)OC[C@@H](COC(=O)CCCCCCCCC)OC(=O)CCCCCCCCCCCCCCCCCC(C)C. The molecule has 0 saturated heterocycles. The third kappa shape index (κ3) is 47.3. The second-order valence-electron chi connectivity index (χ2n) is 18.6. The van der Waals surface area contributed by atoms with E-state index in [1.807, 2.05) is 0 Å². The number of carbonyl (C=O) groups is 3. The van der Waals surface area contributed by atoms with Gasteiger partial charge in [0.2, 0.25) is 0 Å². The lowest BCUT2D eigenvalue weighted by Gasteiger charge is -2.18. The quantitative estimate of drug-likeness (QED) is 0.0345. The number of carbonyl (C=O) groups excluding carboxylic acids is 3. The van der Waals surface area contributed by atoms with Gasteiger partial charge in [0.25, 0.3) is 0 Å². The zero-order valence-corrected chi connectivity index (χ0v) is 40.2. The van der Waals surface area contributed by atoms with Gasteiger partial charge in [0.1, 0.15) is 13.2 Å². The predicted molar refractivity (Wildman–Crippen MR) is 252 cm³/mol. The van der Waals surface area contributed by atoms with Crippen LogP contribution in [0.2, 0.25) is 0 Å². The van der Waals surface area contributed by atoms with Crippen LogP contribution in [0.5, 0.6) is 0 Å². The fraction of sp³-hybridized carbons (Fsp3) is 0.943. The average molecular weight is 835 g/mol. The maximum atomic E-state index is 12.8. The summed E-state index contributed by atoms with van der Waals surface area (Å²) in [5, 5.41) is 0. The molecule has 0 aliphatic carbocycles. The summed E-state index contributed by atoms with van der Waals surface area (Å²) in [5.41, 5.74) is 0. The molecule has 0 unspecified atom stereocenters. The van der Waals surface area contributed by atoms with Crippen molar-refractivity contribution in [3.8, 4) is 0 Å². The Hall–Kier alpha value is -1.59. The molecular formula is C53H102O6. The Morgan fingerprint density at radius 3 is 0.831 bits per heavy atom. The summed E-state index contributed by atoms with van der Waals surface area (Å²) in [6, 6.07) is 0. The lowest BCUT2D eigenvalue weighted by Crippen LogP contribution is -2.30. The molecule has 6 heteroatoms. The molecule has 59 heavy (non-hydrogen) atoms. The average Bonchev–Trinajstić information content (AvgIpc) is 3.22. The first-order valence-corrected chi connectivity index (χ1v) is 26.4. The molecule has 0 radical (unpaired) electrons. The van der Waals surface area contributed by atoms with Crippen LogP contribution in [0.1, 0.15) is 297 Å². The number of ether oxygens (including phenoxy) is 3. The van der Waals surface area contributed by atoms with Crippen LogP contribution in [0.15, 0.2) is 0 Å². The van der Waals surface area contributed by atoms with Crippen molar-refractivity contribution in [2.45, 2.75) is 303 Å². The molecule has 0 spiro atoms. The molecule has 0 aromatic carbocycles. The summed E-state index contributed by atoms with van der Waals surface area (Å²) in [7, 11) is 0. The molecule has 0 amide bonds. The van der Waals surface area contributed by atoms with Crippen molar-refractivity contribution in [2.75, 3.05) is 13.2 Å². The van der Waals surface area contributed by atoms with Crippen LogP contribution in [-0.2, 0) is 28.6 Å². The Labute approximate surface area is 368 Å². The molecule has 6 nitrogen and oxygen atoms in total. The summed E-state index contributed by atoms with van der Waals surface area (Å²) in [6.45, 7) is 9.01. The summed E-state index contributed by atoms with van der Waals surface area (Å²) in [4.78, 5) is 37.8. The second-order valence-corrected chi connectivity index (χ2v) is 18.6. The standard InChI is InChI=1S/C53H102O6/c1-5-7-9-11-13-14-15-16-17-20-23-26-29-33-37-41-45-52(55)58-48-50(47-57-51(54)44-40-36-31-12-10-8-6-2)59-53(56)46-42-38-34-30-27-24-21-18-19-22-25-28-32-35-39-43-49(3)4/h49-50H,5-48H2,1-4H3/t50-/m1/s1. The van der Waals surface area contributed by atoms with E-state index in [-0.39, 0.29) is 31.1 Å². The molecule has 0 aromatic rings. The Morgan fingerprint density at radius 1 is 0.322 bits per heavy atom. The highest BCUT2D eigenvalue weighted by molar-refractivity contribution is 5.71. The summed E-state index contributed by atoms with van der Waals surface area (Å²) in [6.07, 6.45) is 49.6. The number of esters is 3. The van der Waals surface area contributed by atoms with Crippen molar-refractivity contribution in [3.05, 3.63) is 0 Å². The molecule has 0 N–H and O–H groups in total. The highest BCUT2D eigenvalue weighted by atomic mass is 16.6. The van der Waals surface area contributed by atoms with Gasteiger partial charge in [-0.25, -0.2) is 0 Å². The van der Waals surface area contributed by atoms with Gasteiger partial charge < -0.3 is 14.2 Å². The van der Waals surface area contributed by atoms with E-state index in [9.17, 15) is 14.4 Å². The molecule has 0 fully saturated rings. The molecule has 0 aromatic heterocycles. The van der Waals surface area contributed by atoms with E-state index < -0.39 is 6.10 Å². The van der Waals surface area contributed by atoms with Crippen molar-refractivity contribution < 1.29 is 28.6 Å². The topological polar surface area (TPSA) is 78.9 Å². The molecule has 0 rings (SSSR count). The second kappa shape index (κ2) is 47.5. The third-order valence-corrected chi connectivity index (χ3v) is 12.0. The van der Waals surface area contributed by atoms with Gasteiger partial charge in [-0.3, -0.25) is 14.4 Å². The van der Waals surface area contributed by atoms with Crippen LogP contribution in [0.4, 0.5) is 0 Å². The fourth-order valence-electron chi connectivity index (χ4n) is 8.04. The first-order valence-electron chi connectivity index (χ1n) is 26.4. The predicted octanol–water partition coefficient (Wildman–Crippen LogP) is 17.1. The van der Waals surface area contributed by atoms with E-state index >= 15 is 0 Å². The summed E-state index contributed by atoms with van der Waals surface area (Å²) in [5.74, 6) is -0.00145. The van der Waals surface area contributed by atoms with E-state index in [1.54, 1.807) is 0 Å². The minimum absolute atomic E-state index is 0.0629. The van der Waals surface area contributed by atoms with Gasteiger partial charge in [-0.05, 0) is 25.2 Å². The van der Waals surface area contributed by atoms with Crippen LogP contribution >= 0.6 is 0 Å². The molecule has 0 saturated carbocycles. The Kier molecular flexibility index (Phi) is 46.2. The smallest absolute Gasteiger partial charge is 0.306 e. The molecule has 0 bridgehead atoms. The summed E-state index contributed by atoms with van der Waals surface area (Å²) < 4.78 is 16.8. The van der Waals surface area contributed by atoms with E-state index in [4.69, 9.17) is 14.2 Å². The minimum atomic E-state index is -0.759. The van der Waals surface area contributed by atoms with Crippen molar-refractivity contribution >= 4 is 17.9 Å². The highest BCUT2D eigenvalue weighted by Crippen LogP contribution is 2.17. The van der Waals surface area contributed by atoms with Crippen LogP contribution in [0.3, 0.4) is 0 Å². The molecule has 0 aliphatic heterocycles. The van der Waals surface area contributed by atoms with E-state index in [0.29, 0.717) is 19.3 Å². The van der Waals surface area contributed by atoms with Crippen molar-refractivity contribution in [1.29, 1.82) is 0 Å². The fourth-order valence-corrected chi connectivity index (χ4v) is 8.04. The Bertz CT molecular complexity index is 887. The molecule has 0 heterocycles. The van der Waals surface area contributed by atoms with E-state index in [0.717, 1.165) is 63.7 Å². The van der Waals surface area contributed by atoms with Gasteiger partial charge in [0, 0.05) is 19.3 Å². The van der Waals surface area contributed by atoms with E-state index in [2.05, 4.69) is 27.7 Å². The Balaban J connectivity index is 4.18. The lowest BCUT2D eigenvalue weighted by molar-refractivity contribution is -0.167. The molecule has 0 aliphatic rings. The lowest BCUT2D eigenvalue weighted by atomic mass is 10.0. The number of hydrogen-bond acceptors (Lipinski definition) is 6. The maximum absolute atomic E-state index is 12.8. The van der Waals surface area contributed by atoms with Crippen molar-refractivity contribution in [2.24, 2.45) is 5.92 Å². The van der Waals surface area contributed by atoms with Crippen molar-refractivity contribution in [1.82, 2.24) is 0 Å². The molecule has 350 valence electrons. The normalized spacial score (nSPS) is 11.9. The summed E-state index contributed by atoms with van der Waals surface area (Å²) >= 11 is 0. The first-order chi connectivity index (χ1) is 28.9. The van der Waals surface area contributed by atoms with Gasteiger partial charge in [0.05, 0.1) is 0 Å². The largest absolute Gasteiger partial charge is 0.462 e. The monoisotopic (exact) mass is 835 g/mol. The van der Waals surface area contributed by atoms with Gasteiger partial charge >= 0.3 is 17.9 Å². The van der Waals surface area contributed by atoms with Gasteiger partial charge in [-0.1, -0.05) is 259 Å². The zero-order valence-electron chi connectivity index (χ0n) is 40.2. The third-order valence-electron chi connectivity index (χ3n) is 12.0. The highest BCUT2D eigenvalue weighted by Gasteiger charge is 2.19.